The Labute approximate surface area is 111 Å². The maximum Gasteiger partial charge on any atom is 0.153 e. The third kappa shape index (κ3) is 2.51. The van der Waals surface area contributed by atoms with Crippen LogP contribution in [0.15, 0.2) is 42.1 Å². The Bertz CT molecular complexity index is 602. The average Bonchev–Trinajstić information content (AvgIpc) is 2.71. The molecule has 0 fully saturated rings. The molecule has 0 atom stereocenters. The first-order valence-corrected chi connectivity index (χ1v) is 5.91. The Kier molecular flexibility index (Phi) is 3.63. The molecule has 0 aliphatic carbocycles. The highest BCUT2D eigenvalue weighted by Gasteiger charge is 2.12. The van der Waals surface area contributed by atoms with Crippen LogP contribution in [0.4, 0.5) is 0 Å². The fourth-order valence-corrected chi connectivity index (χ4v) is 1.99. The highest BCUT2D eigenvalue weighted by molar-refractivity contribution is 6.29. The van der Waals surface area contributed by atoms with Crippen LogP contribution in [0.2, 0.25) is 0 Å². The van der Waals surface area contributed by atoms with Gasteiger partial charge in [0.25, 0.3) is 0 Å². The van der Waals surface area contributed by atoms with Crippen LogP contribution in [0.25, 0.3) is 11.3 Å². The largest absolute Gasteiger partial charge is 0.298 e. The van der Waals surface area contributed by atoms with Crippen molar-refractivity contribution in [2.24, 2.45) is 0 Å². The van der Waals surface area contributed by atoms with Crippen molar-refractivity contribution in [1.29, 1.82) is 0 Å². The van der Waals surface area contributed by atoms with Crippen molar-refractivity contribution in [1.82, 2.24) is 9.78 Å². The minimum Gasteiger partial charge on any atom is -0.298 e. The molecule has 3 nitrogen and oxygen atoms in total. The standard InChI is InChI=1S/C14H13ClN2O/c1-10-4-3-5-12(6-10)14-13(9-18)7-16-17(14)8-11(2)15/h3-7,9H,2,8H2,1H3. The van der Waals surface area contributed by atoms with Gasteiger partial charge in [-0.05, 0) is 13.0 Å². The molecule has 0 saturated heterocycles. The van der Waals surface area contributed by atoms with Gasteiger partial charge in [0.2, 0.25) is 0 Å². The summed E-state index contributed by atoms with van der Waals surface area (Å²) in [7, 11) is 0. The molecule has 0 aliphatic heterocycles. The monoisotopic (exact) mass is 260 g/mol. The van der Waals surface area contributed by atoms with E-state index in [2.05, 4.69) is 11.7 Å². The van der Waals surface area contributed by atoms with Crippen molar-refractivity contribution in [3.63, 3.8) is 0 Å². The number of nitrogens with zero attached hydrogens (tertiary/aromatic N) is 2. The van der Waals surface area contributed by atoms with Crippen LogP contribution in [0.3, 0.4) is 0 Å². The van der Waals surface area contributed by atoms with E-state index in [9.17, 15) is 4.79 Å². The van der Waals surface area contributed by atoms with Gasteiger partial charge in [0.15, 0.2) is 6.29 Å². The van der Waals surface area contributed by atoms with Crippen LogP contribution < -0.4 is 0 Å². The van der Waals surface area contributed by atoms with Crippen molar-refractivity contribution in [3.8, 4) is 11.3 Å². The molecular formula is C14H13ClN2O. The molecule has 4 heteroatoms. The first kappa shape index (κ1) is 12.6. The maximum atomic E-state index is 11.1. The lowest BCUT2D eigenvalue weighted by molar-refractivity contribution is 0.112. The molecule has 0 bridgehead atoms. The van der Waals surface area contributed by atoms with E-state index in [-0.39, 0.29) is 0 Å². The number of carbonyl (C=O) groups is 1. The van der Waals surface area contributed by atoms with Crippen LogP contribution in [0.1, 0.15) is 15.9 Å². The Morgan fingerprint density at radius 2 is 2.33 bits per heavy atom. The Hall–Kier alpha value is -1.87. The third-order valence-electron chi connectivity index (χ3n) is 2.61. The molecule has 1 aromatic carbocycles. The molecule has 0 N–H and O–H groups in total. The number of allylic oxidation sites excluding steroid dienone is 1. The molecule has 0 spiro atoms. The summed E-state index contributed by atoms with van der Waals surface area (Å²) in [5.41, 5.74) is 3.41. The number of halogens is 1. The lowest BCUT2D eigenvalue weighted by atomic mass is 10.1. The number of carbonyl (C=O) groups excluding carboxylic acids is 1. The lowest BCUT2D eigenvalue weighted by Crippen LogP contribution is -2.03. The molecule has 92 valence electrons. The zero-order valence-corrected chi connectivity index (χ0v) is 10.8. The van der Waals surface area contributed by atoms with E-state index in [1.807, 2.05) is 31.2 Å². The van der Waals surface area contributed by atoms with Crippen LogP contribution in [-0.4, -0.2) is 16.1 Å². The van der Waals surface area contributed by atoms with Gasteiger partial charge in [0, 0.05) is 10.6 Å². The van der Waals surface area contributed by atoms with Gasteiger partial charge >= 0.3 is 0 Å². The summed E-state index contributed by atoms with van der Waals surface area (Å²) in [6.07, 6.45) is 2.35. The zero-order valence-electron chi connectivity index (χ0n) is 10.1. The minimum absolute atomic E-state index is 0.388. The van der Waals surface area contributed by atoms with E-state index >= 15 is 0 Å². The first-order valence-electron chi connectivity index (χ1n) is 5.53. The van der Waals surface area contributed by atoms with Gasteiger partial charge in [-0.1, -0.05) is 41.9 Å². The summed E-state index contributed by atoms with van der Waals surface area (Å²) in [5.74, 6) is 0. The second-order valence-electron chi connectivity index (χ2n) is 4.11. The Morgan fingerprint density at radius 1 is 1.56 bits per heavy atom. The van der Waals surface area contributed by atoms with E-state index < -0.39 is 0 Å². The van der Waals surface area contributed by atoms with Gasteiger partial charge in [-0.15, -0.1) is 0 Å². The second kappa shape index (κ2) is 5.19. The highest BCUT2D eigenvalue weighted by atomic mass is 35.5. The molecule has 2 aromatic rings. The number of aldehydes is 1. The van der Waals surface area contributed by atoms with E-state index in [4.69, 9.17) is 11.6 Å². The number of hydrogen-bond acceptors (Lipinski definition) is 2. The van der Waals surface area contributed by atoms with Crippen molar-refractivity contribution >= 4 is 17.9 Å². The quantitative estimate of drug-likeness (QED) is 0.790. The van der Waals surface area contributed by atoms with Crippen LogP contribution in [0, 0.1) is 6.92 Å². The summed E-state index contributed by atoms with van der Waals surface area (Å²) in [6, 6.07) is 7.92. The number of aryl methyl sites for hydroxylation is 1. The topological polar surface area (TPSA) is 34.9 Å². The van der Waals surface area contributed by atoms with Gasteiger partial charge in [-0.25, -0.2) is 0 Å². The van der Waals surface area contributed by atoms with Crippen molar-refractivity contribution in [2.45, 2.75) is 13.5 Å². The molecule has 0 saturated carbocycles. The van der Waals surface area contributed by atoms with Crippen LogP contribution in [-0.2, 0) is 6.54 Å². The molecule has 2 rings (SSSR count). The molecule has 1 aromatic heterocycles. The van der Waals surface area contributed by atoms with Crippen LogP contribution in [0.5, 0.6) is 0 Å². The number of benzene rings is 1. The second-order valence-corrected chi connectivity index (χ2v) is 4.65. The summed E-state index contributed by atoms with van der Waals surface area (Å²) in [4.78, 5) is 11.1. The Morgan fingerprint density at radius 3 is 2.94 bits per heavy atom. The predicted molar refractivity (Wildman–Crippen MR) is 72.8 cm³/mol. The van der Waals surface area contributed by atoms with E-state index in [1.54, 1.807) is 10.9 Å². The first-order chi connectivity index (χ1) is 8.61. The summed E-state index contributed by atoms with van der Waals surface area (Å²) in [6.45, 7) is 6.05. The molecule has 1 heterocycles. The van der Waals surface area contributed by atoms with E-state index in [1.165, 1.54) is 0 Å². The van der Waals surface area contributed by atoms with Gasteiger partial charge < -0.3 is 0 Å². The van der Waals surface area contributed by atoms with Gasteiger partial charge in [0.1, 0.15) is 0 Å². The fraction of sp³-hybridized carbons (Fsp3) is 0.143. The third-order valence-corrected chi connectivity index (χ3v) is 2.73. The highest BCUT2D eigenvalue weighted by Crippen LogP contribution is 2.24. The molecule has 0 radical (unpaired) electrons. The summed E-state index contributed by atoms with van der Waals surface area (Å²) < 4.78 is 1.69. The van der Waals surface area contributed by atoms with Crippen molar-refractivity contribution in [2.75, 3.05) is 0 Å². The SMILES string of the molecule is C=C(Cl)Cn1ncc(C=O)c1-c1cccc(C)c1. The normalized spacial score (nSPS) is 10.3. The molecular weight excluding hydrogens is 248 g/mol. The van der Waals surface area contributed by atoms with Crippen LogP contribution >= 0.6 is 11.6 Å². The van der Waals surface area contributed by atoms with Gasteiger partial charge in [-0.3, -0.25) is 9.48 Å². The van der Waals surface area contributed by atoms with E-state index in [0.717, 1.165) is 23.1 Å². The number of aromatic nitrogens is 2. The lowest BCUT2D eigenvalue weighted by Gasteiger charge is -2.08. The minimum atomic E-state index is 0.388. The van der Waals surface area contributed by atoms with E-state index in [0.29, 0.717) is 17.1 Å². The zero-order chi connectivity index (χ0) is 13.1. The molecule has 18 heavy (non-hydrogen) atoms. The summed E-state index contributed by atoms with van der Waals surface area (Å²) >= 11 is 5.81. The molecule has 0 aliphatic rings. The predicted octanol–water partition coefficient (Wildman–Crippen LogP) is 3.42. The number of rotatable bonds is 4. The molecule has 0 unspecified atom stereocenters. The molecule has 0 amide bonds. The Balaban J connectivity index is 2.56. The smallest absolute Gasteiger partial charge is 0.153 e. The summed E-state index contributed by atoms with van der Waals surface area (Å²) in [5, 5.41) is 4.65. The van der Waals surface area contributed by atoms with Crippen molar-refractivity contribution < 1.29 is 4.79 Å². The van der Waals surface area contributed by atoms with Gasteiger partial charge in [-0.2, -0.15) is 5.10 Å². The average molecular weight is 261 g/mol. The maximum absolute atomic E-state index is 11.1. The fourth-order valence-electron chi connectivity index (χ4n) is 1.88. The number of hydrogen-bond donors (Lipinski definition) is 0. The van der Waals surface area contributed by atoms with Crippen molar-refractivity contribution in [3.05, 3.63) is 53.2 Å². The van der Waals surface area contributed by atoms with Gasteiger partial charge in [0.05, 0.1) is 24.0 Å².